The second-order valence-corrected chi connectivity index (χ2v) is 5.46. The zero-order chi connectivity index (χ0) is 14.6. The molecule has 1 aromatic rings. The second kappa shape index (κ2) is 6.70. The van der Waals surface area contributed by atoms with Crippen molar-refractivity contribution in [3.8, 4) is 0 Å². The van der Waals surface area contributed by atoms with Gasteiger partial charge in [0.15, 0.2) is 0 Å². The molecule has 5 nitrogen and oxygen atoms in total. The zero-order valence-electron chi connectivity index (χ0n) is 12.7. The van der Waals surface area contributed by atoms with Gasteiger partial charge in [0.1, 0.15) is 0 Å². The Morgan fingerprint density at radius 2 is 2.05 bits per heavy atom. The van der Waals surface area contributed by atoms with E-state index in [9.17, 15) is 4.79 Å². The minimum atomic E-state index is 0.0743. The standard InChI is InChI=1S/C14H26N4O/c1-10(2)9-18(8-6-7-15)14(19)13-11(3)16-17(5)12(13)4/h10H,6-9,15H2,1-5H3. The molecule has 0 aromatic carbocycles. The maximum Gasteiger partial charge on any atom is 0.257 e. The molecule has 0 unspecified atom stereocenters. The maximum atomic E-state index is 12.7. The molecule has 108 valence electrons. The van der Waals surface area contributed by atoms with Crippen LogP contribution in [0.1, 0.15) is 42.0 Å². The number of rotatable bonds is 6. The summed E-state index contributed by atoms with van der Waals surface area (Å²) in [5.41, 5.74) is 8.01. The first kappa shape index (κ1) is 15.7. The number of aromatic nitrogens is 2. The van der Waals surface area contributed by atoms with Gasteiger partial charge in [-0.3, -0.25) is 9.48 Å². The molecule has 0 atom stereocenters. The van der Waals surface area contributed by atoms with E-state index in [4.69, 9.17) is 5.73 Å². The lowest BCUT2D eigenvalue weighted by molar-refractivity contribution is 0.0733. The van der Waals surface area contributed by atoms with Crippen molar-refractivity contribution in [1.29, 1.82) is 0 Å². The number of nitrogens with zero attached hydrogens (tertiary/aromatic N) is 3. The smallest absolute Gasteiger partial charge is 0.257 e. The van der Waals surface area contributed by atoms with Gasteiger partial charge in [0.05, 0.1) is 11.3 Å². The monoisotopic (exact) mass is 266 g/mol. The minimum absolute atomic E-state index is 0.0743. The summed E-state index contributed by atoms with van der Waals surface area (Å²) in [6.45, 7) is 10.1. The van der Waals surface area contributed by atoms with Gasteiger partial charge in [0.2, 0.25) is 0 Å². The van der Waals surface area contributed by atoms with Crippen LogP contribution in [0.25, 0.3) is 0 Å². The molecule has 19 heavy (non-hydrogen) atoms. The van der Waals surface area contributed by atoms with Gasteiger partial charge < -0.3 is 10.6 Å². The fraction of sp³-hybridized carbons (Fsp3) is 0.714. The third-order valence-corrected chi connectivity index (χ3v) is 3.23. The van der Waals surface area contributed by atoms with Gasteiger partial charge in [-0.05, 0) is 32.7 Å². The Morgan fingerprint density at radius 3 is 2.47 bits per heavy atom. The molecular formula is C14H26N4O. The van der Waals surface area contributed by atoms with Gasteiger partial charge >= 0.3 is 0 Å². The van der Waals surface area contributed by atoms with Crippen molar-refractivity contribution >= 4 is 5.91 Å². The SMILES string of the molecule is Cc1nn(C)c(C)c1C(=O)N(CCCN)CC(C)C. The molecule has 1 heterocycles. The molecule has 0 aliphatic carbocycles. The van der Waals surface area contributed by atoms with E-state index in [-0.39, 0.29) is 5.91 Å². The van der Waals surface area contributed by atoms with Crippen molar-refractivity contribution in [2.45, 2.75) is 34.1 Å². The lowest BCUT2D eigenvalue weighted by Crippen LogP contribution is -2.36. The highest BCUT2D eigenvalue weighted by atomic mass is 16.2. The number of aryl methyl sites for hydroxylation is 2. The first-order valence-electron chi connectivity index (χ1n) is 6.88. The topological polar surface area (TPSA) is 64.2 Å². The molecule has 0 radical (unpaired) electrons. The molecule has 5 heteroatoms. The van der Waals surface area contributed by atoms with E-state index in [0.29, 0.717) is 19.0 Å². The van der Waals surface area contributed by atoms with E-state index < -0.39 is 0 Å². The van der Waals surface area contributed by atoms with Crippen molar-refractivity contribution in [2.24, 2.45) is 18.7 Å². The minimum Gasteiger partial charge on any atom is -0.338 e. The van der Waals surface area contributed by atoms with Crippen LogP contribution < -0.4 is 5.73 Å². The number of hydrogen-bond donors (Lipinski definition) is 1. The van der Waals surface area contributed by atoms with Gasteiger partial charge in [-0.1, -0.05) is 13.8 Å². The third-order valence-electron chi connectivity index (χ3n) is 3.23. The molecule has 1 amide bonds. The second-order valence-electron chi connectivity index (χ2n) is 5.46. The average molecular weight is 266 g/mol. The van der Waals surface area contributed by atoms with Crippen LogP contribution in [-0.2, 0) is 7.05 Å². The van der Waals surface area contributed by atoms with Gasteiger partial charge in [0.25, 0.3) is 5.91 Å². The highest BCUT2D eigenvalue weighted by Crippen LogP contribution is 2.16. The molecule has 1 rings (SSSR count). The van der Waals surface area contributed by atoms with Crippen LogP contribution in [0.2, 0.25) is 0 Å². The number of carbonyl (C=O) groups is 1. The van der Waals surface area contributed by atoms with Crippen LogP contribution >= 0.6 is 0 Å². The lowest BCUT2D eigenvalue weighted by atomic mass is 10.1. The van der Waals surface area contributed by atoms with E-state index in [2.05, 4.69) is 18.9 Å². The van der Waals surface area contributed by atoms with E-state index >= 15 is 0 Å². The summed E-state index contributed by atoms with van der Waals surface area (Å²) < 4.78 is 1.76. The summed E-state index contributed by atoms with van der Waals surface area (Å²) in [6, 6.07) is 0. The van der Waals surface area contributed by atoms with Crippen molar-refractivity contribution in [3.63, 3.8) is 0 Å². The van der Waals surface area contributed by atoms with Gasteiger partial charge in [0, 0.05) is 25.8 Å². The Morgan fingerprint density at radius 1 is 1.42 bits per heavy atom. The molecule has 0 fully saturated rings. The predicted octanol–water partition coefficient (Wildman–Crippen LogP) is 1.48. The first-order chi connectivity index (χ1) is 8.88. The average Bonchev–Trinajstić information content (AvgIpc) is 2.57. The van der Waals surface area contributed by atoms with Crippen molar-refractivity contribution < 1.29 is 4.79 Å². The van der Waals surface area contributed by atoms with Gasteiger partial charge in [-0.2, -0.15) is 5.10 Å². The van der Waals surface area contributed by atoms with Crippen LogP contribution in [0.5, 0.6) is 0 Å². The number of carbonyl (C=O) groups excluding carboxylic acids is 1. The fourth-order valence-electron chi connectivity index (χ4n) is 2.24. The van der Waals surface area contributed by atoms with E-state index in [0.717, 1.165) is 29.9 Å². The quantitative estimate of drug-likeness (QED) is 0.848. The fourth-order valence-corrected chi connectivity index (χ4v) is 2.24. The molecule has 0 aliphatic rings. The normalized spacial score (nSPS) is 11.1. The Labute approximate surface area is 115 Å². The summed E-state index contributed by atoms with van der Waals surface area (Å²) in [7, 11) is 1.87. The first-order valence-corrected chi connectivity index (χ1v) is 6.88. The molecular weight excluding hydrogens is 240 g/mol. The Kier molecular flexibility index (Phi) is 5.54. The highest BCUT2D eigenvalue weighted by Gasteiger charge is 2.23. The number of amides is 1. The summed E-state index contributed by atoms with van der Waals surface area (Å²) in [5, 5.41) is 4.32. The molecule has 0 bridgehead atoms. The van der Waals surface area contributed by atoms with Gasteiger partial charge in [-0.15, -0.1) is 0 Å². The van der Waals surface area contributed by atoms with Crippen molar-refractivity contribution in [1.82, 2.24) is 14.7 Å². The Balaban J connectivity index is 2.97. The number of hydrogen-bond acceptors (Lipinski definition) is 3. The number of nitrogens with two attached hydrogens (primary N) is 1. The summed E-state index contributed by atoms with van der Waals surface area (Å²) in [6.07, 6.45) is 0.830. The van der Waals surface area contributed by atoms with Crippen molar-refractivity contribution in [2.75, 3.05) is 19.6 Å². The van der Waals surface area contributed by atoms with Crippen LogP contribution in [0.15, 0.2) is 0 Å². The van der Waals surface area contributed by atoms with Crippen LogP contribution in [-0.4, -0.2) is 40.2 Å². The van der Waals surface area contributed by atoms with E-state index in [1.165, 1.54) is 0 Å². The summed E-state index contributed by atoms with van der Waals surface area (Å²) in [5.74, 6) is 0.518. The van der Waals surface area contributed by atoms with E-state index in [1.54, 1.807) is 4.68 Å². The Bertz CT molecular complexity index is 437. The van der Waals surface area contributed by atoms with Crippen LogP contribution in [0, 0.1) is 19.8 Å². The molecule has 0 saturated carbocycles. The largest absolute Gasteiger partial charge is 0.338 e. The lowest BCUT2D eigenvalue weighted by Gasteiger charge is -2.24. The van der Waals surface area contributed by atoms with E-state index in [1.807, 2.05) is 25.8 Å². The zero-order valence-corrected chi connectivity index (χ0v) is 12.7. The molecule has 1 aromatic heterocycles. The molecule has 0 spiro atoms. The Hall–Kier alpha value is -1.36. The van der Waals surface area contributed by atoms with Crippen LogP contribution in [0.4, 0.5) is 0 Å². The molecule has 2 N–H and O–H groups in total. The highest BCUT2D eigenvalue weighted by molar-refractivity contribution is 5.96. The predicted molar refractivity (Wildman–Crippen MR) is 77.1 cm³/mol. The maximum absolute atomic E-state index is 12.7. The summed E-state index contributed by atoms with van der Waals surface area (Å²) >= 11 is 0. The molecule has 0 aliphatic heterocycles. The van der Waals surface area contributed by atoms with Crippen molar-refractivity contribution in [3.05, 3.63) is 17.0 Å². The molecule has 0 saturated heterocycles. The van der Waals surface area contributed by atoms with Gasteiger partial charge in [-0.25, -0.2) is 0 Å². The van der Waals surface area contributed by atoms with Crippen LogP contribution in [0.3, 0.4) is 0 Å². The third kappa shape index (κ3) is 3.80. The summed E-state index contributed by atoms with van der Waals surface area (Å²) in [4.78, 5) is 14.6.